The summed E-state index contributed by atoms with van der Waals surface area (Å²) in [5.74, 6) is 0.273. The zero-order valence-corrected chi connectivity index (χ0v) is 12.1. The predicted molar refractivity (Wildman–Crippen MR) is 77.5 cm³/mol. The molecule has 0 aliphatic carbocycles. The van der Waals surface area contributed by atoms with E-state index in [1.807, 2.05) is 0 Å². The first kappa shape index (κ1) is 15.0. The van der Waals surface area contributed by atoms with Crippen LogP contribution in [-0.4, -0.2) is 61.3 Å². The summed E-state index contributed by atoms with van der Waals surface area (Å²) in [5.41, 5.74) is -1.65. The molecule has 120 valence electrons. The highest BCUT2D eigenvalue weighted by Gasteiger charge is 2.53. The van der Waals surface area contributed by atoms with Gasteiger partial charge in [0.1, 0.15) is 17.8 Å². The normalized spacial score (nSPS) is 31.8. The molecule has 9 nitrogen and oxygen atoms in total. The summed E-state index contributed by atoms with van der Waals surface area (Å²) in [4.78, 5) is 18.8. The van der Waals surface area contributed by atoms with Crippen molar-refractivity contribution in [2.24, 2.45) is 0 Å². The smallest absolute Gasteiger partial charge is 0.261 e. The Kier molecular flexibility index (Phi) is 3.44. The third-order valence-corrected chi connectivity index (χ3v) is 4.01. The van der Waals surface area contributed by atoms with E-state index in [1.54, 1.807) is 19.3 Å². The van der Waals surface area contributed by atoms with E-state index in [4.69, 9.17) is 4.74 Å². The summed E-state index contributed by atoms with van der Waals surface area (Å²) in [6, 6.07) is 1.55. The Balaban J connectivity index is 2.14. The average Bonchev–Trinajstić information content (AvgIpc) is 3.00. The van der Waals surface area contributed by atoms with E-state index in [9.17, 15) is 20.1 Å². The second kappa shape index (κ2) is 5.06. The molecule has 1 aliphatic rings. The van der Waals surface area contributed by atoms with Gasteiger partial charge in [0.15, 0.2) is 11.9 Å². The number of aliphatic hydroxyl groups excluding tert-OH is 2. The summed E-state index contributed by atoms with van der Waals surface area (Å²) in [7, 11) is 1.62. The maximum absolute atomic E-state index is 12.0. The van der Waals surface area contributed by atoms with Gasteiger partial charge in [0.25, 0.3) is 5.56 Å². The van der Waals surface area contributed by atoms with Crippen molar-refractivity contribution >= 4 is 17.0 Å². The summed E-state index contributed by atoms with van der Waals surface area (Å²) in [6.45, 7) is 0.985. The van der Waals surface area contributed by atoms with Crippen molar-refractivity contribution in [3.63, 3.8) is 0 Å². The maximum Gasteiger partial charge on any atom is 0.261 e. The third kappa shape index (κ3) is 2.02. The molecule has 0 radical (unpaired) electrons. The van der Waals surface area contributed by atoms with Crippen LogP contribution in [0.3, 0.4) is 0 Å². The van der Waals surface area contributed by atoms with Crippen molar-refractivity contribution in [1.82, 2.24) is 14.5 Å². The SMILES string of the molecule is CNc1nc2c(ccn2[C@@H]2O[C@H](CO)C(O)C2(C)O)c(=O)[nH]1. The molecule has 2 unspecified atom stereocenters. The van der Waals surface area contributed by atoms with Crippen LogP contribution in [0, 0.1) is 0 Å². The Morgan fingerprint density at radius 2 is 2.32 bits per heavy atom. The van der Waals surface area contributed by atoms with Gasteiger partial charge in [-0.2, -0.15) is 4.98 Å². The van der Waals surface area contributed by atoms with E-state index in [1.165, 1.54) is 11.5 Å². The molecule has 3 rings (SSSR count). The fraction of sp³-hybridized carbons (Fsp3) is 0.538. The van der Waals surface area contributed by atoms with Gasteiger partial charge >= 0.3 is 0 Å². The summed E-state index contributed by atoms with van der Waals surface area (Å²) >= 11 is 0. The van der Waals surface area contributed by atoms with E-state index in [0.717, 1.165) is 0 Å². The molecule has 0 bridgehead atoms. The van der Waals surface area contributed by atoms with Crippen LogP contribution in [0.1, 0.15) is 13.2 Å². The first-order valence-electron chi connectivity index (χ1n) is 6.85. The van der Waals surface area contributed by atoms with Gasteiger partial charge in [-0.05, 0) is 13.0 Å². The van der Waals surface area contributed by atoms with Crippen LogP contribution in [0.2, 0.25) is 0 Å². The van der Waals surface area contributed by atoms with E-state index in [0.29, 0.717) is 11.0 Å². The minimum atomic E-state index is -1.64. The summed E-state index contributed by atoms with van der Waals surface area (Å²) < 4.78 is 7.02. The van der Waals surface area contributed by atoms with Gasteiger partial charge in [-0.1, -0.05) is 0 Å². The minimum absolute atomic E-state index is 0.273. The molecule has 0 saturated carbocycles. The van der Waals surface area contributed by atoms with Crippen molar-refractivity contribution in [2.75, 3.05) is 19.0 Å². The number of ether oxygens (including phenoxy) is 1. The first-order valence-corrected chi connectivity index (χ1v) is 6.85. The number of aromatic nitrogens is 3. The highest BCUT2D eigenvalue weighted by molar-refractivity contribution is 5.76. The van der Waals surface area contributed by atoms with Crippen molar-refractivity contribution < 1.29 is 20.1 Å². The molecule has 1 aliphatic heterocycles. The van der Waals surface area contributed by atoms with Crippen LogP contribution in [0.4, 0.5) is 5.95 Å². The Morgan fingerprint density at radius 1 is 1.59 bits per heavy atom. The monoisotopic (exact) mass is 310 g/mol. The molecule has 2 aromatic rings. The second-order valence-electron chi connectivity index (χ2n) is 5.50. The van der Waals surface area contributed by atoms with Crippen LogP contribution in [0.15, 0.2) is 17.1 Å². The molecule has 0 spiro atoms. The second-order valence-corrected chi connectivity index (χ2v) is 5.50. The van der Waals surface area contributed by atoms with Crippen LogP contribution >= 0.6 is 0 Å². The molecule has 22 heavy (non-hydrogen) atoms. The van der Waals surface area contributed by atoms with E-state index < -0.39 is 30.6 Å². The number of fused-ring (bicyclic) bond motifs is 1. The summed E-state index contributed by atoms with van der Waals surface area (Å²) in [6.07, 6.45) is -1.59. The van der Waals surface area contributed by atoms with Crippen molar-refractivity contribution in [3.05, 3.63) is 22.6 Å². The van der Waals surface area contributed by atoms with Crippen LogP contribution in [0.5, 0.6) is 0 Å². The highest BCUT2D eigenvalue weighted by atomic mass is 16.6. The Hall–Kier alpha value is -1.94. The first-order chi connectivity index (χ1) is 10.4. The van der Waals surface area contributed by atoms with Gasteiger partial charge < -0.3 is 29.9 Å². The molecule has 3 heterocycles. The molecule has 0 amide bonds. The van der Waals surface area contributed by atoms with Crippen molar-refractivity contribution in [3.8, 4) is 0 Å². The zero-order chi connectivity index (χ0) is 16.1. The van der Waals surface area contributed by atoms with Crippen molar-refractivity contribution in [1.29, 1.82) is 0 Å². The number of H-pyrrole nitrogens is 1. The third-order valence-electron chi connectivity index (χ3n) is 4.01. The van der Waals surface area contributed by atoms with Crippen LogP contribution in [-0.2, 0) is 4.74 Å². The number of anilines is 1. The lowest BCUT2D eigenvalue weighted by molar-refractivity contribution is -0.0948. The molecule has 9 heteroatoms. The number of nitrogens with one attached hydrogen (secondary N) is 2. The molecule has 5 N–H and O–H groups in total. The predicted octanol–water partition coefficient (Wildman–Crippen LogP) is -1.23. The standard InChI is InChI=1S/C13H18N4O5/c1-13(21)8(19)7(5-18)22-11(13)17-4-3-6-9(17)15-12(14-2)16-10(6)20/h3-4,7-8,11,18-19,21H,5H2,1-2H3,(H2,14,15,16,20)/t7-,8?,11-,13?/m1/s1. The molecular weight excluding hydrogens is 292 g/mol. The lowest BCUT2D eigenvalue weighted by atomic mass is 9.96. The molecule has 0 aromatic carbocycles. The van der Waals surface area contributed by atoms with Gasteiger partial charge in [-0.15, -0.1) is 0 Å². The van der Waals surface area contributed by atoms with Crippen LogP contribution in [0.25, 0.3) is 11.0 Å². The number of rotatable bonds is 3. The largest absolute Gasteiger partial charge is 0.394 e. The topological polar surface area (TPSA) is 133 Å². The summed E-state index contributed by atoms with van der Waals surface area (Å²) in [5, 5.41) is 32.9. The van der Waals surface area contributed by atoms with Gasteiger partial charge in [0.05, 0.1) is 12.0 Å². The number of aromatic amines is 1. The molecular formula is C13H18N4O5. The Labute approximate surface area is 125 Å². The lowest BCUT2D eigenvalue weighted by Crippen LogP contribution is -2.44. The van der Waals surface area contributed by atoms with Gasteiger partial charge in [-0.3, -0.25) is 9.78 Å². The Bertz CT molecular complexity index is 752. The van der Waals surface area contributed by atoms with E-state index in [2.05, 4.69) is 15.3 Å². The van der Waals surface area contributed by atoms with E-state index in [-0.39, 0.29) is 11.5 Å². The molecule has 1 saturated heterocycles. The lowest BCUT2D eigenvalue weighted by Gasteiger charge is -2.27. The zero-order valence-electron chi connectivity index (χ0n) is 12.1. The van der Waals surface area contributed by atoms with Gasteiger partial charge in [0, 0.05) is 13.2 Å². The van der Waals surface area contributed by atoms with Gasteiger partial charge in [-0.25, -0.2) is 0 Å². The Morgan fingerprint density at radius 3 is 2.91 bits per heavy atom. The highest BCUT2D eigenvalue weighted by Crippen LogP contribution is 2.39. The number of hydrogen-bond donors (Lipinski definition) is 5. The minimum Gasteiger partial charge on any atom is -0.394 e. The van der Waals surface area contributed by atoms with Crippen LogP contribution < -0.4 is 10.9 Å². The molecule has 4 atom stereocenters. The molecule has 2 aromatic heterocycles. The average molecular weight is 310 g/mol. The quantitative estimate of drug-likeness (QED) is 0.479. The fourth-order valence-electron chi connectivity index (χ4n) is 2.74. The van der Waals surface area contributed by atoms with Gasteiger partial charge in [0.2, 0.25) is 5.95 Å². The molecule has 1 fully saturated rings. The number of nitrogens with zero attached hydrogens (tertiary/aromatic N) is 2. The van der Waals surface area contributed by atoms with Crippen molar-refractivity contribution in [2.45, 2.75) is 31.0 Å². The van der Waals surface area contributed by atoms with E-state index >= 15 is 0 Å². The maximum atomic E-state index is 12.0. The number of hydrogen-bond acceptors (Lipinski definition) is 7. The number of aliphatic hydroxyl groups is 3. The fourth-order valence-corrected chi connectivity index (χ4v) is 2.74.